The third-order valence-electron chi connectivity index (χ3n) is 5.54. The fourth-order valence-corrected chi connectivity index (χ4v) is 4.05. The van der Waals surface area contributed by atoms with E-state index < -0.39 is 0 Å². The molecule has 6 nitrogen and oxygen atoms in total. The zero-order valence-corrected chi connectivity index (χ0v) is 15.6. The highest BCUT2D eigenvalue weighted by Crippen LogP contribution is 2.35. The number of ether oxygens (including phenoxy) is 1. The molecule has 1 aliphatic rings. The number of fused-ring (bicyclic) bond motifs is 1. The first-order valence-corrected chi connectivity index (χ1v) is 9.48. The second kappa shape index (κ2) is 7.19. The number of hydrogen-bond acceptors (Lipinski definition) is 5. The predicted octanol–water partition coefficient (Wildman–Crippen LogP) is 4.59. The summed E-state index contributed by atoms with van der Waals surface area (Å²) in [5.74, 6) is 2.99. The molecule has 0 bridgehead atoms. The van der Waals surface area contributed by atoms with E-state index in [4.69, 9.17) is 9.15 Å². The molecule has 1 N–H and O–H groups in total. The molecule has 0 amide bonds. The van der Waals surface area contributed by atoms with E-state index in [1.807, 2.05) is 18.3 Å². The Kier molecular flexibility index (Phi) is 4.76. The lowest BCUT2D eigenvalue weighted by atomic mass is 9.75. The van der Waals surface area contributed by atoms with E-state index in [0.29, 0.717) is 36.1 Å². The van der Waals surface area contributed by atoms with Crippen molar-refractivity contribution in [3.8, 4) is 11.5 Å². The van der Waals surface area contributed by atoms with Crippen molar-refractivity contribution in [2.24, 2.45) is 17.8 Å². The Morgan fingerprint density at radius 3 is 3.00 bits per heavy atom. The summed E-state index contributed by atoms with van der Waals surface area (Å²) < 4.78 is 12.1. The predicted molar refractivity (Wildman–Crippen MR) is 99.3 cm³/mol. The van der Waals surface area contributed by atoms with Crippen LogP contribution in [-0.2, 0) is 11.3 Å². The van der Waals surface area contributed by atoms with E-state index in [0.717, 1.165) is 23.0 Å². The number of hydrogen-bond donors (Lipinski definition) is 1. The second-order valence-electron chi connectivity index (χ2n) is 7.77. The lowest BCUT2D eigenvalue weighted by molar-refractivity contribution is -0.0535. The molecule has 138 valence electrons. The van der Waals surface area contributed by atoms with Crippen molar-refractivity contribution < 1.29 is 9.15 Å². The first kappa shape index (κ1) is 17.2. The standard InChI is InChI=1S/C20H26N4O2/c1-12(2)14-5-4-13(3)10-17(14)25-11-18-23-24-20(26-18)16-7-9-22-19-15(16)6-8-21-19/h6-9,12-14,17H,4-5,10-11H2,1-3H3,(H,21,22). The van der Waals surface area contributed by atoms with Crippen molar-refractivity contribution in [3.05, 3.63) is 30.4 Å². The summed E-state index contributed by atoms with van der Waals surface area (Å²) in [5.41, 5.74) is 1.70. The molecule has 1 saturated carbocycles. The van der Waals surface area contributed by atoms with Gasteiger partial charge in [0.2, 0.25) is 11.8 Å². The van der Waals surface area contributed by atoms with Crippen LogP contribution in [0.25, 0.3) is 22.5 Å². The molecule has 0 saturated heterocycles. The Morgan fingerprint density at radius 1 is 1.27 bits per heavy atom. The van der Waals surface area contributed by atoms with Gasteiger partial charge in [-0.15, -0.1) is 10.2 Å². The maximum Gasteiger partial charge on any atom is 0.248 e. The van der Waals surface area contributed by atoms with Gasteiger partial charge in [0.1, 0.15) is 12.3 Å². The number of nitrogens with one attached hydrogen (secondary N) is 1. The fourth-order valence-electron chi connectivity index (χ4n) is 4.05. The SMILES string of the molecule is CC1CCC(C(C)C)C(OCc2nnc(-c3ccnc4[nH]ccc34)o2)C1. The largest absolute Gasteiger partial charge is 0.418 e. The molecule has 3 aromatic heterocycles. The highest BCUT2D eigenvalue weighted by Gasteiger charge is 2.31. The van der Waals surface area contributed by atoms with Gasteiger partial charge in [-0.05, 0) is 42.7 Å². The molecular weight excluding hydrogens is 328 g/mol. The van der Waals surface area contributed by atoms with Gasteiger partial charge in [-0.3, -0.25) is 0 Å². The summed E-state index contributed by atoms with van der Waals surface area (Å²) in [5, 5.41) is 9.37. The van der Waals surface area contributed by atoms with E-state index in [-0.39, 0.29) is 6.10 Å². The summed E-state index contributed by atoms with van der Waals surface area (Å²) in [6, 6.07) is 3.86. The fraction of sp³-hybridized carbons (Fsp3) is 0.550. The van der Waals surface area contributed by atoms with Crippen LogP contribution in [0.5, 0.6) is 0 Å². The third-order valence-corrected chi connectivity index (χ3v) is 5.54. The molecule has 0 aliphatic heterocycles. The molecule has 3 heterocycles. The average molecular weight is 354 g/mol. The topological polar surface area (TPSA) is 76.8 Å². The first-order chi connectivity index (χ1) is 12.6. The van der Waals surface area contributed by atoms with Gasteiger partial charge in [0.25, 0.3) is 0 Å². The van der Waals surface area contributed by atoms with Crippen LogP contribution >= 0.6 is 0 Å². The average Bonchev–Trinajstić information content (AvgIpc) is 3.28. The van der Waals surface area contributed by atoms with Crippen LogP contribution in [-0.4, -0.2) is 26.3 Å². The number of nitrogens with zero attached hydrogens (tertiary/aromatic N) is 3. The van der Waals surface area contributed by atoms with Gasteiger partial charge in [0, 0.05) is 17.8 Å². The first-order valence-electron chi connectivity index (χ1n) is 9.48. The molecule has 3 aromatic rings. The molecule has 4 rings (SSSR count). The normalized spacial score (nSPS) is 23.8. The van der Waals surface area contributed by atoms with Crippen LogP contribution in [0.3, 0.4) is 0 Å². The number of rotatable bonds is 5. The Balaban J connectivity index is 1.47. The van der Waals surface area contributed by atoms with Crippen LogP contribution in [0, 0.1) is 17.8 Å². The lowest BCUT2D eigenvalue weighted by Gasteiger charge is -2.36. The number of H-pyrrole nitrogens is 1. The van der Waals surface area contributed by atoms with Gasteiger partial charge in [-0.2, -0.15) is 0 Å². The van der Waals surface area contributed by atoms with Gasteiger partial charge in [-0.25, -0.2) is 4.98 Å². The molecule has 3 unspecified atom stereocenters. The maximum atomic E-state index is 6.22. The molecule has 0 aromatic carbocycles. The van der Waals surface area contributed by atoms with Crippen LogP contribution in [0.1, 0.15) is 45.9 Å². The quantitative estimate of drug-likeness (QED) is 0.725. The molecule has 1 fully saturated rings. The Hall–Kier alpha value is -2.21. The Labute approximate surface area is 153 Å². The summed E-state index contributed by atoms with van der Waals surface area (Å²) in [7, 11) is 0. The summed E-state index contributed by atoms with van der Waals surface area (Å²) in [6.07, 6.45) is 7.51. The van der Waals surface area contributed by atoms with Crippen molar-refractivity contribution in [1.29, 1.82) is 0 Å². The van der Waals surface area contributed by atoms with Crippen molar-refractivity contribution >= 4 is 11.0 Å². The molecular formula is C20H26N4O2. The van der Waals surface area contributed by atoms with Crippen LogP contribution in [0.4, 0.5) is 0 Å². The Morgan fingerprint density at radius 2 is 2.15 bits per heavy atom. The van der Waals surface area contributed by atoms with E-state index in [1.165, 1.54) is 12.8 Å². The van der Waals surface area contributed by atoms with E-state index in [9.17, 15) is 0 Å². The van der Waals surface area contributed by atoms with Crippen molar-refractivity contribution in [2.45, 2.75) is 52.7 Å². The molecule has 1 aliphatic carbocycles. The van der Waals surface area contributed by atoms with Crippen molar-refractivity contribution in [3.63, 3.8) is 0 Å². The van der Waals surface area contributed by atoms with Crippen LogP contribution < -0.4 is 0 Å². The maximum absolute atomic E-state index is 6.22. The van der Waals surface area contributed by atoms with E-state index in [2.05, 4.69) is 40.9 Å². The molecule has 3 atom stereocenters. The summed E-state index contributed by atoms with van der Waals surface area (Å²) in [4.78, 5) is 7.39. The van der Waals surface area contributed by atoms with E-state index in [1.54, 1.807) is 6.20 Å². The number of pyridine rings is 1. The van der Waals surface area contributed by atoms with Crippen LogP contribution in [0.15, 0.2) is 28.9 Å². The number of aromatic nitrogens is 4. The summed E-state index contributed by atoms with van der Waals surface area (Å²) in [6.45, 7) is 7.25. The highest BCUT2D eigenvalue weighted by atomic mass is 16.5. The molecule has 0 spiro atoms. The molecule has 26 heavy (non-hydrogen) atoms. The Bertz CT molecular complexity index is 869. The van der Waals surface area contributed by atoms with Crippen molar-refractivity contribution in [1.82, 2.24) is 20.2 Å². The summed E-state index contributed by atoms with van der Waals surface area (Å²) >= 11 is 0. The second-order valence-corrected chi connectivity index (χ2v) is 7.77. The van der Waals surface area contributed by atoms with Gasteiger partial charge >= 0.3 is 0 Å². The number of aromatic amines is 1. The van der Waals surface area contributed by atoms with Gasteiger partial charge < -0.3 is 14.1 Å². The molecule has 0 radical (unpaired) electrons. The lowest BCUT2D eigenvalue weighted by Crippen LogP contribution is -2.34. The zero-order chi connectivity index (χ0) is 18.1. The monoisotopic (exact) mass is 354 g/mol. The van der Waals surface area contributed by atoms with Crippen LogP contribution in [0.2, 0.25) is 0 Å². The van der Waals surface area contributed by atoms with E-state index >= 15 is 0 Å². The minimum absolute atomic E-state index is 0.270. The van der Waals surface area contributed by atoms with Crippen molar-refractivity contribution in [2.75, 3.05) is 0 Å². The van der Waals surface area contributed by atoms with Gasteiger partial charge in [0.05, 0.1) is 11.7 Å². The minimum atomic E-state index is 0.270. The molecule has 6 heteroatoms. The smallest absolute Gasteiger partial charge is 0.248 e. The minimum Gasteiger partial charge on any atom is -0.418 e. The van der Waals surface area contributed by atoms with Gasteiger partial charge in [-0.1, -0.05) is 27.2 Å². The third kappa shape index (κ3) is 3.38. The highest BCUT2D eigenvalue weighted by molar-refractivity contribution is 5.90. The van der Waals surface area contributed by atoms with Gasteiger partial charge in [0.15, 0.2) is 0 Å². The zero-order valence-electron chi connectivity index (χ0n) is 15.6.